The zero-order valence-electron chi connectivity index (χ0n) is 11.5. The number of nitrogens with one attached hydrogen (secondary N) is 1. The molecule has 21 heavy (non-hydrogen) atoms. The lowest BCUT2D eigenvalue weighted by Gasteiger charge is -2.14. The van der Waals surface area contributed by atoms with Crippen molar-refractivity contribution in [1.29, 1.82) is 0 Å². The summed E-state index contributed by atoms with van der Waals surface area (Å²) in [5.41, 5.74) is 0.957. The number of hydrogen-bond acceptors (Lipinski definition) is 2. The zero-order valence-corrected chi connectivity index (χ0v) is 11.5. The molecule has 0 aliphatic carbocycles. The summed E-state index contributed by atoms with van der Waals surface area (Å²) < 4.78 is 31.1. The van der Waals surface area contributed by atoms with Gasteiger partial charge in [-0.25, -0.2) is 8.78 Å². The van der Waals surface area contributed by atoms with Gasteiger partial charge in [0.1, 0.15) is 5.82 Å². The fourth-order valence-corrected chi connectivity index (χ4v) is 1.84. The number of ether oxygens (including phenoxy) is 1. The lowest BCUT2D eigenvalue weighted by molar-refractivity contribution is -0.123. The molecule has 0 spiro atoms. The third kappa shape index (κ3) is 4.27. The second-order valence-electron chi connectivity index (χ2n) is 4.56. The van der Waals surface area contributed by atoms with E-state index in [1.165, 1.54) is 0 Å². The summed E-state index contributed by atoms with van der Waals surface area (Å²) in [6, 6.07) is 12.2. The molecule has 0 fully saturated rings. The van der Waals surface area contributed by atoms with Crippen molar-refractivity contribution in [3.63, 3.8) is 0 Å². The van der Waals surface area contributed by atoms with Gasteiger partial charge in [-0.05, 0) is 24.6 Å². The van der Waals surface area contributed by atoms with Gasteiger partial charge < -0.3 is 10.1 Å². The van der Waals surface area contributed by atoms with Crippen LogP contribution in [0.2, 0.25) is 0 Å². The van der Waals surface area contributed by atoms with Gasteiger partial charge in [-0.1, -0.05) is 30.3 Å². The van der Waals surface area contributed by atoms with Gasteiger partial charge in [-0.3, -0.25) is 4.79 Å². The summed E-state index contributed by atoms with van der Waals surface area (Å²) in [4.78, 5) is 11.7. The van der Waals surface area contributed by atoms with Crippen LogP contribution in [-0.2, 0) is 4.79 Å². The van der Waals surface area contributed by atoms with E-state index in [1.54, 1.807) is 0 Å². The minimum atomic E-state index is -0.834. The van der Waals surface area contributed by atoms with E-state index in [-0.39, 0.29) is 24.3 Å². The topological polar surface area (TPSA) is 38.3 Å². The molecule has 0 aromatic heterocycles. The van der Waals surface area contributed by atoms with Crippen molar-refractivity contribution >= 4 is 5.91 Å². The van der Waals surface area contributed by atoms with Crippen LogP contribution in [0.25, 0.3) is 0 Å². The molecule has 0 saturated carbocycles. The van der Waals surface area contributed by atoms with Gasteiger partial charge >= 0.3 is 0 Å². The minimum Gasteiger partial charge on any atom is -0.481 e. The molecule has 1 unspecified atom stereocenters. The second kappa shape index (κ2) is 6.83. The van der Waals surface area contributed by atoms with E-state index < -0.39 is 11.6 Å². The predicted molar refractivity (Wildman–Crippen MR) is 74.9 cm³/mol. The first-order valence-corrected chi connectivity index (χ1v) is 6.48. The van der Waals surface area contributed by atoms with E-state index in [0.717, 1.165) is 17.7 Å². The number of halogens is 2. The van der Waals surface area contributed by atoms with E-state index in [4.69, 9.17) is 4.74 Å². The van der Waals surface area contributed by atoms with Gasteiger partial charge in [0.2, 0.25) is 0 Å². The highest BCUT2D eigenvalue weighted by Gasteiger charge is 2.11. The van der Waals surface area contributed by atoms with Crippen molar-refractivity contribution < 1.29 is 18.3 Å². The lowest BCUT2D eigenvalue weighted by Crippen LogP contribution is -2.31. The van der Waals surface area contributed by atoms with E-state index >= 15 is 0 Å². The third-order valence-electron chi connectivity index (χ3n) is 2.93. The molecule has 5 heteroatoms. The van der Waals surface area contributed by atoms with Crippen LogP contribution in [0.1, 0.15) is 18.5 Å². The van der Waals surface area contributed by atoms with Gasteiger partial charge in [0.15, 0.2) is 18.2 Å². The maximum Gasteiger partial charge on any atom is 0.258 e. The normalized spacial score (nSPS) is 11.8. The van der Waals surface area contributed by atoms with Gasteiger partial charge in [-0.2, -0.15) is 0 Å². The number of carbonyl (C=O) groups is 1. The number of amides is 1. The molecule has 0 saturated heterocycles. The van der Waals surface area contributed by atoms with Gasteiger partial charge in [0.25, 0.3) is 5.91 Å². The molecule has 1 N–H and O–H groups in total. The monoisotopic (exact) mass is 291 g/mol. The van der Waals surface area contributed by atoms with Crippen LogP contribution in [0.5, 0.6) is 5.75 Å². The van der Waals surface area contributed by atoms with Gasteiger partial charge in [0, 0.05) is 6.07 Å². The van der Waals surface area contributed by atoms with Crippen LogP contribution in [0, 0.1) is 11.6 Å². The fraction of sp³-hybridized carbons (Fsp3) is 0.188. The Morgan fingerprint density at radius 2 is 1.90 bits per heavy atom. The molecule has 0 radical (unpaired) electrons. The SMILES string of the molecule is CC(NC(=O)COc1ccc(F)cc1F)c1ccccc1. The molecule has 2 aromatic carbocycles. The van der Waals surface area contributed by atoms with Crippen molar-refractivity contribution in [3.8, 4) is 5.75 Å². The van der Waals surface area contributed by atoms with Crippen LogP contribution in [0.15, 0.2) is 48.5 Å². The Balaban J connectivity index is 1.87. The summed E-state index contributed by atoms with van der Waals surface area (Å²) in [6.07, 6.45) is 0. The molecule has 0 bridgehead atoms. The molecule has 0 aliphatic rings. The number of carbonyl (C=O) groups excluding carboxylic acids is 1. The Morgan fingerprint density at radius 3 is 2.57 bits per heavy atom. The van der Waals surface area contributed by atoms with Crippen molar-refractivity contribution in [2.24, 2.45) is 0 Å². The highest BCUT2D eigenvalue weighted by atomic mass is 19.1. The molecular weight excluding hydrogens is 276 g/mol. The summed E-state index contributed by atoms with van der Waals surface area (Å²) in [5, 5.41) is 2.74. The van der Waals surface area contributed by atoms with Crippen molar-refractivity contribution in [3.05, 3.63) is 65.7 Å². The zero-order chi connectivity index (χ0) is 15.2. The molecule has 3 nitrogen and oxygen atoms in total. The summed E-state index contributed by atoms with van der Waals surface area (Å²) in [7, 11) is 0. The largest absolute Gasteiger partial charge is 0.481 e. The van der Waals surface area contributed by atoms with Crippen LogP contribution < -0.4 is 10.1 Å². The third-order valence-corrected chi connectivity index (χ3v) is 2.93. The first-order chi connectivity index (χ1) is 10.1. The fourth-order valence-electron chi connectivity index (χ4n) is 1.84. The Kier molecular flexibility index (Phi) is 4.87. The smallest absolute Gasteiger partial charge is 0.258 e. The van der Waals surface area contributed by atoms with Crippen LogP contribution in [0.3, 0.4) is 0 Å². The predicted octanol–water partition coefficient (Wildman–Crippen LogP) is 3.22. The molecule has 2 rings (SSSR count). The van der Waals surface area contributed by atoms with Crippen LogP contribution in [0.4, 0.5) is 8.78 Å². The number of hydrogen-bond donors (Lipinski definition) is 1. The van der Waals surface area contributed by atoms with Crippen LogP contribution >= 0.6 is 0 Å². The van der Waals surface area contributed by atoms with Crippen molar-refractivity contribution in [2.75, 3.05) is 6.61 Å². The molecular formula is C16H15F2NO2. The first-order valence-electron chi connectivity index (χ1n) is 6.48. The Hall–Kier alpha value is -2.43. The summed E-state index contributed by atoms with van der Waals surface area (Å²) >= 11 is 0. The molecule has 1 amide bonds. The van der Waals surface area contributed by atoms with E-state index in [9.17, 15) is 13.6 Å². The number of benzene rings is 2. The Labute approximate surface area is 121 Å². The minimum absolute atomic E-state index is 0.154. The Bertz CT molecular complexity index is 617. The maximum atomic E-state index is 13.3. The molecule has 1 atom stereocenters. The molecule has 0 heterocycles. The molecule has 0 aliphatic heterocycles. The van der Waals surface area contributed by atoms with E-state index in [2.05, 4.69) is 5.32 Å². The van der Waals surface area contributed by atoms with Crippen molar-refractivity contribution in [1.82, 2.24) is 5.32 Å². The maximum absolute atomic E-state index is 13.3. The summed E-state index contributed by atoms with van der Waals surface area (Å²) in [6.45, 7) is 1.51. The average molecular weight is 291 g/mol. The summed E-state index contributed by atoms with van der Waals surface area (Å²) in [5.74, 6) is -2.06. The molecule has 2 aromatic rings. The van der Waals surface area contributed by atoms with Gasteiger partial charge in [-0.15, -0.1) is 0 Å². The van der Waals surface area contributed by atoms with Gasteiger partial charge in [0.05, 0.1) is 6.04 Å². The van der Waals surface area contributed by atoms with Crippen LogP contribution in [-0.4, -0.2) is 12.5 Å². The lowest BCUT2D eigenvalue weighted by atomic mass is 10.1. The highest BCUT2D eigenvalue weighted by molar-refractivity contribution is 5.78. The second-order valence-corrected chi connectivity index (χ2v) is 4.56. The molecule has 110 valence electrons. The van der Waals surface area contributed by atoms with E-state index in [1.807, 2.05) is 37.3 Å². The standard InChI is InChI=1S/C16H15F2NO2/c1-11(12-5-3-2-4-6-12)19-16(20)10-21-15-8-7-13(17)9-14(15)18/h2-9,11H,10H2,1H3,(H,19,20). The number of rotatable bonds is 5. The van der Waals surface area contributed by atoms with Crippen molar-refractivity contribution in [2.45, 2.75) is 13.0 Å². The first kappa shape index (κ1) is 15.0. The Morgan fingerprint density at radius 1 is 1.19 bits per heavy atom. The highest BCUT2D eigenvalue weighted by Crippen LogP contribution is 2.17. The van der Waals surface area contributed by atoms with E-state index in [0.29, 0.717) is 6.07 Å². The quantitative estimate of drug-likeness (QED) is 0.918. The average Bonchev–Trinajstić information content (AvgIpc) is 2.47.